The van der Waals surface area contributed by atoms with Crippen molar-refractivity contribution in [2.75, 3.05) is 11.5 Å². The lowest BCUT2D eigenvalue weighted by Crippen LogP contribution is -2.29. The minimum atomic E-state index is -3.61. The van der Waals surface area contributed by atoms with Crippen LogP contribution in [0.3, 0.4) is 0 Å². The molecule has 1 unspecified atom stereocenters. The Morgan fingerprint density at radius 2 is 1.92 bits per heavy atom. The van der Waals surface area contributed by atoms with Crippen LogP contribution in [-0.4, -0.2) is 59.9 Å². The lowest BCUT2D eigenvalue weighted by Gasteiger charge is -2.31. The first-order chi connectivity index (χ1) is 23.6. The zero-order valence-electron chi connectivity index (χ0n) is 28.9. The Kier molecular flexibility index (Phi) is 9.59. The monoisotopic (exact) mass is 719 g/mol. The van der Waals surface area contributed by atoms with Crippen molar-refractivity contribution in [3.8, 4) is 11.5 Å². The molecule has 6 rings (SSSR count). The second-order valence-electron chi connectivity index (χ2n) is 14.5. The van der Waals surface area contributed by atoms with Gasteiger partial charge in [-0.25, -0.2) is 26.7 Å². The van der Waals surface area contributed by atoms with Crippen LogP contribution in [0, 0.1) is 17.2 Å². The molecule has 10 nitrogen and oxygen atoms in total. The molecular weight excluding hydrogens is 678 g/mol. The maximum Gasteiger partial charge on any atom is 0.306 e. The number of nitrogens with one attached hydrogen (secondary N) is 1. The van der Waals surface area contributed by atoms with Crippen LogP contribution in [-0.2, 0) is 50.7 Å². The van der Waals surface area contributed by atoms with E-state index in [1.165, 1.54) is 12.3 Å². The summed E-state index contributed by atoms with van der Waals surface area (Å²) >= 11 is 0. The Morgan fingerprint density at radius 3 is 2.68 bits per heavy atom. The minimum absolute atomic E-state index is 0.00505. The number of fused-ring (bicyclic) bond motifs is 8. The molecule has 3 aromatic heterocycles. The first-order valence-electron chi connectivity index (χ1n) is 16.7. The van der Waals surface area contributed by atoms with Gasteiger partial charge in [0.25, 0.3) is 0 Å². The molecule has 5 aromatic rings. The van der Waals surface area contributed by atoms with Gasteiger partial charge in [-0.15, -0.1) is 0 Å². The first-order valence-corrected chi connectivity index (χ1v) is 19.6. The molecule has 0 radical (unpaired) electrons. The highest BCUT2D eigenvalue weighted by Gasteiger charge is 2.36. The van der Waals surface area contributed by atoms with Crippen LogP contribution in [0.2, 0.25) is 0 Å². The second kappa shape index (κ2) is 13.5. The molecule has 50 heavy (non-hydrogen) atoms. The summed E-state index contributed by atoms with van der Waals surface area (Å²) in [5.74, 6) is -1.45. The molecule has 0 spiro atoms. The molecule has 0 saturated carbocycles. The number of carboxylic acids is 1. The zero-order chi connectivity index (χ0) is 36.0. The number of halogens is 1. The molecule has 0 saturated heterocycles. The van der Waals surface area contributed by atoms with Crippen molar-refractivity contribution in [2.24, 2.45) is 18.4 Å². The summed E-state index contributed by atoms with van der Waals surface area (Å²) in [6, 6.07) is 14.0. The number of aromatic nitrogens is 5. The minimum Gasteiger partial charge on any atom is -0.481 e. The van der Waals surface area contributed by atoms with Gasteiger partial charge in [0.1, 0.15) is 11.5 Å². The SMILES string of the molecule is C[C@H](Cc1cccc([C@@]2(C)CCCC(C)(C)CS(=O)(=O)CCc3c(c(F)cc4[nH]ccc34)S(=O)c3ccnc(c3)-c3nc2nn3C)c1)C(=O)O. The van der Waals surface area contributed by atoms with Gasteiger partial charge in [0.15, 0.2) is 21.5 Å². The van der Waals surface area contributed by atoms with E-state index in [1.54, 1.807) is 43.0 Å². The molecule has 2 N–H and O–H groups in total. The number of aryl methyl sites for hydroxylation is 2. The number of rotatable bonds is 4. The number of carboxylic acid groups (broad SMARTS) is 1. The Labute approximate surface area is 293 Å². The summed E-state index contributed by atoms with van der Waals surface area (Å²) in [7, 11) is -3.86. The van der Waals surface area contributed by atoms with Crippen molar-refractivity contribution in [3.05, 3.63) is 89.3 Å². The van der Waals surface area contributed by atoms with Crippen molar-refractivity contribution < 1.29 is 26.9 Å². The third kappa shape index (κ3) is 7.16. The van der Waals surface area contributed by atoms with Crippen LogP contribution < -0.4 is 0 Å². The molecule has 4 heterocycles. The van der Waals surface area contributed by atoms with Gasteiger partial charge in [-0.2, -0.15) is 5.10 Å². The summed E-state index contributed by atoms with van der Waals surface area (Å²) < 4.78 is 59.0. The van der Waals surface area contributed by atoms with E-state index >= 15 is 4.39 Å². The molecule has 1 aliphatic heterocycles. The van der Waals surface area contributed by atoms with Crippen molar-refractivity contribution in [2.45, 2.75) is 75.0 Å². The number of nitrogens with zero attached hydrogens (tertiary/aromatic N) is 4. The molecule has 0 aliphatic carbocycles. The van der Waals surface area contributed by atoms with Gasteiger partial charge < -0.3 is 10.1 Å². The summed E-state index contributed by atoms with van der Waals surface area (Å²) in [5, 5.41) is 15.0. The number of sulfone groups is 1. The zero-order valence-corrected chi connectivity index (χ0v) is 30.5. The topological polar surface area (TPSA) is 148 Å². The fourth-order valence-electron chi connectivity index (χ4n) is 7.07. The average Bonchev–Trinajstić information content (AvgIpc) is 3.69. The summed E-state index contributed by atoms with van der Waals surface area (Å²) in [6.45, 7) is 7.61. The van der Waals surface area contributed by atoms with Crippen molar-refractivity contribution in [1.29, 1.82) is 0 Å². The molecular formula is C37H42FN5O5S2. The summed E-state index contributed by atoms with van der Waals surface area (Å²) in [4.78, 5) is 24.4. The van der Waals surface area contributed by atoms with Gasteiger partial charge in [-0.3, -0.25) is 9.78 Å². The number of H-pyrrole nitrogens is 1. The Bertz CT molecular complexity index is 2230. The normalized spacial score (nSPS) is 21.5. The number of hydrogen-bond donors (Lipinski definition) is 2. The molecule has 4 bridgehead atoms. The lowest BCUT2D eigenvalue weighted by molar-refractivity contribution is -0.141. The third-order valence-corrected chi connectivity index (χ3v) is 13.4. The number of carbonyl (C=O) groups is 1. The van der Waals surface area contributed by atoms with Crippen molar-refractivity contribution in [3.63, 3.8) is 0 Å². The summed E-state index contributed by atoms with van der Waals surface area (Å²) in [6.07, 6.45) is 5.37. The molecule has 1 aliphatic rings. The number of pyridine rings is 1. The van der Waals surface area contributed by atoms with E-state index in [1.807, 2.05) is 45.0 Å². The van der Waals surface area contributed by atoms with Gasteiger partial charge in [0.05, 0.1) is 38.5 Å². The van der Waals surface area contributed by atoms with Crippen LogP contribution in [0.15, 0.2) is 70.7 Å². The molecule has 0 amide bonds. The van der Waals surface area contributed by atoms with Crippen LogP contribution in [0.25, 0.3) is 22.4 Å². The third-order valence-electron chi connectivity index (χ3n) is 9.81. The molecule has 0 fully saturated rings. The van der Waals surface area contributed by atoms with Gasteiger partial charge in [0.2, 0.25) is 0 Å². The van der Waals surface area contributed by atoms with Crippen LogP contribution >= 0.6 is 0 Å². The van der Waals surface area contributed by atoms with Crippen LogP contribution in [0.4, 0.5) is 4.39 Å². The average molecular weight is 720 g/mol. The van der Waals surface area contributed by atoms with E-state index in [2.05, 4.69) is 9.97 Å². The highest BCUT2D eigenvalue weighted by Crippen LogP contribution is 2.39. The number of benzene rings is 2. The van der Waals surface area contributed by atoms with E-state index < -0.39 is 49.2 Å². The Hall–Kier alpha value is -4.23. The molecule has 13 heteroatoms. The number of aromatic amines is 1. The van der Waals surface area contributed by atoms with E-state index in [-0.39, 0.29) is 22.8 Å². The highest BCUT2D eigenvalue weighted by molar-refractivity contribution is 7.91. The number of aliphatic carboxylic acids is 1. The Balaban J connectivity index is 1.50. The van der Waals surface area contributed by atoms with Gasteiger partial charge in [-0.05, 0) is 79.0 Å². The maximum atomic E-state index is 15.8. The van der Waals surface area contributed by atoms with Crippen molar-refractivity contribution in [1.82, 2.24) is 24.7 Å². The van der Waals surface area contributed by atoms with Crippen LogP contribution in [0.5, 0.6) is 0 Å². The fourth-order valence-corrected chi connectivity index (χ4v) is 10.4. The first kappa shape index (κ1) is 35.6. The highest BCUT2D eigenvalue weighted by atomic mass is 32.2. The lowest BCUT2D eigenvalue weighted by atomic mass is 9.75. The maximum absolute atomic E-state index is 15.8. The predicted molar refractivity (Wildman–Crippen MR) is 191 cm³/mol. The predicted octanol–water partition coefficient (Wildman–Crippen LogP) is 6.40. The summed E-state index contributed by atoms with van der Waals surface area (Å²) in [5.41, 5.74) is 1.78. The largest absolute Gasteiger partial charge is 0.481 e. The van der Waals surface area contributed by atoms with Gasteiger partial charge in [-0.1, -0.05) is 51.5 Å². The standard InChI is InChI=1S/C37H42FN5O5S2/c1-23(34(44)45)18-24-8-6-9-25(19-24)37(4)14-7-13-36(2,3)22-50(47,48)17-12-28-27-11-16-39-30(27)21-29(38)32(28)49(46)26-10-15-40-31(20-26)33-41-35(37)42-43(33)5/h6,8-11,15-16,19-21,23,39H,7,12-14,17-18,22H2,1-5H3,(H,44,45)/t23-,37-,49?/m1/s1. The van der Waals surface area contributed by atoms with Crippen LogP contribution in [0.1, 0.15) is 69.5 Å². The smallest absolute Gasteiger partial charge is 0.306 e. The Morgan fingerprint density at radius 1 is 1.14 bits per heavy atom. The quantitative estimate of drug-likeness (QED) is 0.217. The molecule has 2 aromatic carbocycles. The van der Waals surface area contributed by atoms with E-state index in [0.717, 1.165) is 11.1 Å². The number of hydrogen-bond acceptors (Lipinski definition) is 7. The van der Waals surface area contributed by atoms with Gasteiger partial charge in [0, 0.05) is 35.2 Å². The van der Waals surface area contributed by atoms with E-state index in [9.17, 15) is 22.5 Å². The van der Waals surface area contributed by atoms with Gasteiger partial charge >= 0.3 is 5.97 Å². The van der Waals surface area contributed by atoms with E-state index in [0.29, 0.717) is 64.4 Å². The fraction of sp³-hybridized carbons (Fsp3) is 0.405. The van der Waals surface area contributed by atoms with Crippen molar-refractivity contribution >= 4 is 37.5 Å². The molecule has 264 valence electrons. The second-order valence-corrected chi connectivity index (χ2v) is 18.1. The molecule has 3 atom stereocenters. The van der Waals surface area contributed by atoms with E-state index in [4.69, 9.17) is 10.1 Å².